The van der Waals surface area contributed by atoms with E-state index in [0.29, 0.717) is 0 Å². The van der Waals surface area contributed by atoms with Crippen LogP contribution in [-0.2, 0) is 10.8 Å². The molecular formula is C10H13OSi. The third-order valence-electron chi connectivity index (χ3n) is 1.75. The fourth-order valence-electron chi connectivity index (χ4n) is 1.12. The van der Waals surface area contributed by atoms with Crippen molar-refractivity contribution < 1.29 is 4.43 Å². The first kappa shape index (κ1) is 9.48. The van der Waals surface area contributed by atoms with Gasteiger partial charge in [-0.1, -0.05) is 30.3 Å². The lowest BCUT2D eigenvalue weighted by atomic mass is 9.99. The van der Waals surface area contributed by atoms with Crippen LogP contribution in [0.3, 0.4) is 0 Å². The first-order valence-corrected chi connectivity index (χ1v) is 4.43. The van der Waals surface area contributed by atoms with E-state index in [0.717, 1.165) is 6.42 Å². The molecule has 0 aliphatic carbocycles. The highest BCUT2D eigenvalue weighted by Crippen LogP contribution is 2.14. The van der Waals surface area contributed by atoms with E-state index >= 15 is 0 Å². The van der Waals surface area contributed by atoms with Gasteiger partial charge in [0.25, 0.3) is 0 Å². The highest BCUT2D eigenvalue weighted by atomic mass is 28.2. The predicted molar refractivity (Wildman–Crippen MR) is 51.1 cm³/mol. The van der Waals surface area contributed by atoms with Gasteiger partial charge in [-0.2, -0.15) is 0 Å². The second kappa shape index (κ2) is 3.87. The van der Waals surface area contributed by atoms with E-state index in [1.54, 1.807) is 0 Å². The molecule has 0 N–H and O–H groups in total. The maximum atomic E-state index is 5.15. The molecule has 0 aliphatic rings. The van der Waals surface area contributed by atoms with Crippen molar-refractivity contribution in [3.05, 3.63) is 35.9 Å². The molecule has 0 aromatic heterocycles. The van der Waals surface area contributed by atoms with Crippen LogP contribution in [0.25, 0.3) is 0 Å². The van der Waals surface area contributed by atoms with Crippen LogP contribution >= 0.6 is 0 Å². The van der Waals surface area contributed by atoms with Crippen molar-refractivity contribution in [1.29, 1.82) is 0 Å². The zero-order valence-corrected chi connectivity index (χ0v) is 8.50. The molecule has 1 aromatic carbocycles. The number of hydrogen-bond acceptors (Lipinski definition) is 1. The van der Waals surface area contributed by atoms with Crippen LogP contribution in [0.5, 0.6) is 0 Å². The van der Waals surface area contributed by atoms with Crippen LogP contribution in [0.15, 0.2) is 30.3 Å². The lowest BCUT2D eigenvalue weighted by Crippen LogP contribution is -2.25. The molecule has 0 atom stereocenters. The fourth-order valence-corrected chi connectivity index (χ4v) is 1.20. The average molecular weight is 177 g/mol. The zero-order valence-electron chi connectivity index (χ0n) is 7.50. The van der Waals surface area contributed by atoms with Crippen LogP contribution in [0, 0.1) is 0 Å². The second-order valence-corrected chi connectivity index (χ2v) is 3.73. The molecule has 0 aliphatic heterocycles. The highest BCUT2D eigenvalue weighted by Gasteiger charge is 2.15. The maximum absolute atomic E-state index is 5.15. The van der Waals surface area contributed by atoms with Crippen molar-refractivity contribution in [2.45, 2.75) is 25.9 Å². The number of benzene rings is 1. The van der Waals surface area contributed by atoms with E-state index in [4.69, 9.17) is 4.43 Å². The van der Waals surface area contributed by atoms with Gasteiger partial charge >= 0.3 is 0 Å². The van der Waals surface area contributed by atoms with E-state index in [2.05, 4.69) is 22.6 Å². The minimum absolute atomic E-state index is 0.141. The molecule has 2 heteroatoms. The lowest BCUT2D eigenvalue weighted by Gasteiger charge is -2.23. The van der Waals surface area contributed by atoms with Crippen LogP contribution in [0.4, 0.5) is 0 Å². The zero-order chi connectivity index (χ0) is 9.03. The summed E-state index contributed by atoms with van der Waals surface area (Å²) < 4.78 is 5.15. The van der Waals surface area contributed by atoms with Gasteiger partial charge in [-0.15, -0.1) is 0 Å². The SMILES string of the molecule is CC(C)(Cc1ccccc1)O[Si]. The molecular weight excluding hydrogens is 164 g/mol. The Morgan fingerprint density at radius 2 is 1.83 bits per heavy atom. The van der Waals surface area contributed by atoms with Gasteiger partial charge in [0.1, 0.15) is 0 Å². The third kappa shape index (κ3) is 2.79. The van der Waals surface area contributed by atoms with Gasteiger partial charge in [0.2, 0.25) is 10.5 Å². The Balaban J connectivity index is 2.64. The van der Waals surface area contributed by atoms with Gasteiger partial charge in [-0.25, -0.2) is 0 Å². The second-order valence-electron chi connectivity index (χ2n) is 3.52. The van der Waals surface area contributed by atoms with E-state index in [1.165, 1.54) is 5.56 Å². The van der Waals surface area contributed by atoms with E-state index in [-0.39, 0.29) is 5.60 Å². The molecule has 0 saturated heterocycles. The van der Waals surface area contributed by atoms with Crippen molar-refractivity contribution in [2.24, 2.45) is 0 Å². The first-order chi connectivity index (χ1) is 5.64. The molecule has 1 nitrogen and oxygen atoms in total. The minimum Gasteiger partial charge on any atom is -0.413 e. The van der Waals surface area contributed by atoms with Gasteiger partial charge in [0.05, 0.1) is 5.60 Å². The molecule has 1 aromatic rings. The molecule has 3 radical (unpaired) electrons. The van der Waals surface area contributed by atoms with Gasteiger partial charge in [-0.05, 0) is 25.8 Å². The quantitative estimate of drug-likeness (QED) is 0.643. The Morgan fingerprint density at radius 1 is 1.25 bits per heavy atom. The monoisotopic (exact) mass is 177 g/mol. The van der Waals surface area contributed by atoms with Crippen LogP contribution in [-0.4, -0.2) is 16.1 Å². The van der Waals surface area contributed by atoms with Crippen LogP contribution in [0.1, 0.15) is 19.4 Å². The summed E-state index contributed by atoms with van der Waals surface area (Å²) in [5.74, 6) is 0. The molecule has 0 amide bonds. The molecule has 0 unspecified atom stereocenters. The van der Waals surface area contributed by atoms with Crippen LogP contribution in [0.2, 0.25) is 0 Å². The van der Waals surface area contributed by atoms with Gasteiger partial charge < -0.3 is 4.43 Å². The van der Waals surface area contributed by atoms with Crippen molar-refractivity contribution in [3.63, 3.8) is 0 Å². The topological polar surface area (TPSA) is 9.23 Å². The summed E-state index contributed by atoms with van der Waals surface area (Å²) in [6.45, 7) is 4.10. The standard InChI is InChI=1S/C10H13OSi/c1-10(2,11-12)8-9-6-4-3-5-7-9/h3-7H,8H2,1-2H3. The smallest absolute Gasteiger partial charge is 0.246 e. The summed E-state index contributed by atoms with van der Waals surface area (Å²) in [5, 5.41) is 0. The lowest BCUT2D eigenvalue weighted by molar-refractivity contribution is 0.124. The van der Waals surface area contributed by atoms with Gasteiger partial charge in [0.15, 0.2) is 0 Å². The Hall–Kier alpha value is -0.603. The normalized spacial score (nSPS) is 11.6. The number of hydrogen-bond donors (Lipinski definition) is 0. The molecule has 0 fully saturated rings. The van der Waals surface area contributed by atoms with Gasteiger partial charge in [-0.3, -0.25) is 0 Å². The minimum atomic E-state index is -0.141. The molecule has 0 heterocycles. The van der Waals surface area contributed by atoms with Crippen molar-refractivity contribution >= 4 is 10.5 Å². The molecule has 1 rings (SSSR count). The van der Waals surface area contributed by atoms with Crippen molar-refractivity contribution in [3.8, 4) is 0 Å². The molecule has 0 saturated carbocycles. The van der Waals surface area contributed by atoms with Gasteiger partial charge in [0, 0.05) is 0 Å². The van der Waals surface area contributed by atoms with Crippen molar-refractivity contribution in [1.82, 2.24) is 0 Å². The maximum Gasteiger partial charge on any atom is 0.246 e. The Kier molecular flexibility index (Phi) is 3.06. The van der Waals surface area contributed by atoms with E-state index in [9.17, 15) is 0 Å². The summed E-state index contributed by atoms with van der Waals surface area (Å²) in [7, 11) is 3.08. The summed E-state index contributed by atoms with van der Waals surface area (Å²) in [6.07, 6.45) is 0.914. The van der Waals surface area contributed by atoms with E-state index < -0.39 is 0 Å². The average Bonchev–Trinajstić information content (AvgIpc) is 2.06. The number of rotatable bonds is 3. The summed E-state index contributed by atoms with van der Waals surface area (Å²) in [5.41, 5.74) is 1.15. The molecule has 12 heavy (non-hydrogen) atoms. The summed E-state index contributed by atoms with van der Waals surface area (Å²) >= 11 is 0. The summed E-state index contributed by atoms with van der Waals surface area (Å²) in [4.78, 5) is 0. The Bertz CT molecular complexity index is 231. The van der Waals surface area contributed by atoms with Crippen molar-refractivity contribution in [2.75, 3.05) is 0 Å². The first-order valence-electron chi connectivity index (χ1n) is 4.03. The predicted octanol–water partition coefficient (Wildman–Crippen LogP) is 2.11. The molecule has 0 spiro atoms. The summed E-state index contributed by atoms with van der Waals surface area (Å²) in [6, 6.07) is 10.3. The van der Waals surface area contributed by atoms with E-state index in [1.807, 2.05) is 32.0 Å². The largest absolute Gasteiger partial charge is 0.413 e. The molecule has 63 valence electrons. The molecule has 0 bridgehead atoms. The fraction of sp³-hybridized carbons (Fsp3) is 0.400. The van der Waals surface area contributed by atoms with Crippen LogP contribution < -0.4 is 0 Å². The Morgan fingerprint density at radius 3 is 2.33 bits per heavy atom. The Labute approximate surface area is 77.3 Å². The third-order valence-corrected chi connectivity index (χ3v) is 2.30. The highest BCUT2D eigenvalue weighted by molar-refractivity contribution is 5.98.